The lowest BCUT2D eigenvalue weighted by atomic mass is 10.1. The molecule has 0 saturated heterocycles. The van der Waals surface area contributed by atoms with Gasteiger partial charge in [-0.15, -0.1) is 0 Å². The van der Waals surface area contributed by atoms with Gasteiger partial charge in [0, 0.05) is 25.2 Å². The fourth-order valence-electron chi connectivity index (χ4n) is 2.26. The van der Waals surface area contributed by atoms with Crippen molar-refractivity contribution in [1.29, 1.82) is 0 Å². The van der Waals surface area contributed by atoms with Gasteiger partial charge in [-0.25, -0.2) is 0 Å². The third kappa shape index (κ3) is 3.18. The van der Waals surface area contributed by atoms with Crippen molar-refractivity contribution in [2.45, 2.75) is 6.92 Å². The van der Waals surface area contributed by atoms with Gasteiger partial charge >= 0.3 is 5.97 Å². The monoisotopic (exact) mass is 286 g/mol. The largest absolute Gasteiger partial charge is 0.469 e. The highest BCUT2D eigenvalue weighted by atomic mass is 16.5. The van der Waals surface area contributed by atoms with Gasteiger partial charge in [-0.05, 0) is 12.1 Å². The molecular weight excluding hydrogens is 268 g/mol. The smallest absolute Gasteiger partial charge is 0.310 e. The zero-order valence-corrected chi connectivity index (χ0v) is 12.4. The molecule has 0 saturated carbocycles. The molecule has 0 radical (unpaired) electrons. The van der Waals surface area contributed by atoms with Crippen molar-refractivity contribution in [1.82, 2.24) is 9.88 Å². The first-order valence-electron chi connectivity index (χ1n) is 6.71. The van der Waals surface area contributed by atoms with Crippen LogP contribution in [-0.2, 0) is 9.53 Å². The molecule has 21 heavy (non-hydrogen) atoms. The minimum absolute atomic E-state index is 0.135. The van der Waals surface area contributed by atoms with E-state index < -0.39 is 0 Å². The number of carbonyl (C=O) groups is 2. The number of methoxy groups -OCH3 is 1. The van der Waals surface area contributed by atoms with Gasteiger partial charge in [0.1, 0.15) is 0 Å². The number of para-hydroxylation sites is 1. The summed E-state index contributed by atoms with van der Waals surface area (Å²) < 4.78 is 4.68. The Labute approximate surface area is 123 Å². The van der Waals surface area contributed by atoms with Crippen molar-refractivity contribution in [2.75, 3.05) is 20.7 Å². The van der Waals surface area contributed by atoms with Gasteiger partial charge in [0.15, 0.2) is 0 Å². The molecule has 5 nitrogen and oxygen atoms in total. The fourth-order valence-corrected chi connectivity index (χ4v) is 2.26. The van der Waals surface area contributed by atoms with Gasteiger partial charge in [-0.3, -0.25) is 14.6 Å². The van der Waals surface area contributed by atoms with Crippen LogP contribution in [0.5, 0.6) is 0 Å². The summed E-state index contributed by atoms with van der Waals surface area (Å²) in [5.41, 5.74) is 1.36. The first-order chi connectivity index (χ1) is 10.0. The van der Waals surface area contributed by atoms with Gasteiger partial charge in [-0.2, -0.15) is 0 Å². The van der Waals surface area contributed by atoms with Crippen molar-refractivity contribution in [3.63, 3.8) is 0 Å². The number of hydrogen-bond acceptors (Lipinski definition) is 4. The predicted octanol–water partition coefficient (Wildman–Crippen LogP) is 2.12. The van der Waals surface area contributed by atoms with Gasteiger partial charge in [-0.1, -0.05) is 25.1 Å². The van der Waals surface area contributed by atoms with E-state index in [-0.39, 0.29) is 17.8 Å². The average molecular weight is 286 g/mol. The van der Waals surface area contributed by atoms with E-state index in [1.807, 2.05) is 24.3 Å². The Kier molecular flexibility index (Phi) is 4.52. The molecule has 5 heteroatoms. The van der Waals surface area contributed by atoms with Crippen LogP contribution in [0.3, 0.4) is 0 Å². The third-order valence-electron chi connectivity index (χ3n) is 3.38. The maximum atomic E-state index is 12.6. The van der Waals surface area contributed by atoms with E-state index in [4.69, 9.17) is 0 Å². The lowest BCUT2D eigenvalue weighted by Gasteiger charge is -2.21. The molecule has 0 aliphatic carbocycles. The average Bonchev–Trinajstić information content (AvgIpc) is 2.52. The molecule has 1 aromatic carbocycles. The summed E-state index contributed by atoms with van der Waals surface area (Å²) in [6.07, 6.45) is 1.62. The predicted molar refractivity (Wildman–Crippen MR) is 79.9 cm³/mol. The minimum Gasteiger partial charge on any atom is -0.469 e. The molecule has 0 aliphatic rings. The normalized spacial score (nSPS) is 12.0. The standard InChI is InChI=1S/C16H18N2O3/c1-11(16(20)21-3)10-18(2)15(19)13-8-9-17-14-7-5-4-6-12(13)14/h4-9,11H,10H2,1-3H3. The topological polar surface area (TPSA) is 59.5 Å². The van der Waals surface area contributed by atoms with Crippen LogP contribution in [-0.4, -0.2) is 42.5 Å². The molecule has 0 spiro atoms. The second kappa shape index (κ2) is 6.35. The first kappa shape index (κ1) is 15.0. The molecule has 1 heterocycles. The summed E-state index contributed by atoms with van der Waals surface area (Å²) in [5.74, 6) is -0.823. The van der Waals surface area contributed by atoms with Crippen molar-refractivity contribution < 1.29 is 14.3 Å². The molecular formula is C16H18N2O3. The van der Waals surface area contributed by atoms with Crippen LogP contribution < -0.4 is 0 Å². The first-order valence-corrected chi connectivity index (χ1v) is 6.71. The fraction of sp³-hybridized carbons (Fsp3) is 0.312. The number of esters is 1. The second-order valence-electron chi connectivity index (χ2n) is 4.99. The highest BCUT2D eigenvalue weighted by Gasteiger charge is 2.20. The number of carbonyl (C=O) groups excluding carboxylic acids is 2. The van der Waals surface area contributed by atoms with E-state index in [2.05, 4.69) is 9.72 Å². The maximum Gasteiger partial charge on any atom is 0.310 e. The van der Waals surface area contributed by atoms with Gasteiger partial charge in [0.2, 0.25) is 0 Å². The number of amides is 1. The van der Waals surface area contributed by atoms with E-state index in [1.54, 1.807) is 26.2 Å². The van der Waals surface area contributed by atoms with Crippen LogP contribution in [0, 0.1) is 5.92 Å². The number of ether oxygens (including phenoxy) is 1. The Morgan fingerprint density at radius 3 is 2.71 bits per heavy atom. The van der Waals surface area contributed by atoms with Crippen LogP contribution in [0.15, 0.2) is 36.5 Å². The summed E-state index contributed by atoms with van der Waals surface area (Å²) in [6.45, 7) is 2.04. The summed E-state index contributed by atoms with van der Waals surface area (Å²) in [5, 5.41) is 0.808. The van der Waals surface area contributed by atoms with Crippen molar-refractivity contribution in [3.8, 4) is 0 Å². The minimum atomic E-state index is -0.364. The van der Waals surface area contributed by atoms with Gasteiger partial charge in [0.25, 0.3) is 5.91 Å². The summed E-state index contributed by atoms with van der Waals surface area (Å²) in [7, 11) is 3.02. The van der Waals surface area contributed by atoms with Crippen molar-refractivity contribution >= 4 is 22.8 Å². The Hall–Kier alpha value is -2.43. The number of benzene rings is 1. The Morgan fingerprint density at radius 2 is 2.00 bits per heavy atom. The van der Waals surface area contributed by atoms with E-state index in [0.717, 1.165) is 10.9 Å². The van der Waals surface area contributed by atoms with Crippen LogP contribution in [0.25, 0.3) is 10.9 Å². The lowest BCUT2D eigenvalue weighted by Crippen LogP contribution is -2.34. The lowest BCUT2D eigenvalue weighted by molar-refractivity contribution is -0.145. The summed E-state index contributed by atoms with van der Waals surface area (Å²) in [4.78, 5) is 29.8. The number of aromatic nitrogens is 1. The molecule has 0 N–H and O–H groups in total. The zero-order valence-electron chi connectivity index (χ0n) is 12.4. The summed E-state index contributed by atoms with van der Waals surface area (Å²) in [6, 6.07) is 9.19. The molecule has 1 atom stereocenters. The molecule has 2 aromatic rings. The molecule has 1 unspecified atom stereocenters. The second-order valence-corrected chi connectivity index (χ2v) is 4.99. The van der Waals surface area contributed by atoms with E-state index in [9.17, 15) is 9.59 Å². The Balaban J connectivity index is 2.24. The third-order valence-corrected chi connectivity index (χ3v) is 3.38. The number of rotatable bonds is 4. The number of hydrogen-bond donors (Lipinski definition) is 0. The van der Waals surface area contributed by atoms with Crippen LogP contribution in [0.1, 0.15) is 17.3 Å². The van der Waals surface area contributed by atoms with E-state index in [1.165, 1.54) is 12.0 Å². The van der Waals surface area contributed by atoms with Crippen LogP contribution >= 0.6 is 0 Å². The van der Waals surface area contributed by atoms with E-state index in [0.29, 0.717) is 12.1 Å². The van der Waals surface area contributed by atoms with Gasteiger partial charge < -0.3 is 9.64 Å². The van der Waals surface area contributed by atoms with Crippen LogP contribution in [0.2, 0.25) is 0 Å². The molecule has 0 fully saturated rings. The molecule has 110 valence electrons. The van der Waals surface area contributed by atoms with E-state index >= 15 is 0 Å². The molecule has 0 bridgehead atoms. The molecule has 1 amide bonds. The highest BCUT2D eigenvalue weighted by molar-refractivity contribution is 6.05. The van der Waals surface area contributed by atoms with Crippen molar-refractivity contribution in [3.05, 3.63) is 42.1 Å². The zero-order chi connectivity index (χ0) is 15.4. The number of fused-ring (bicyclic) bond motifs is 1. The number of pyridine rings is 1. The SMILES string of the molecule is COC(=O)C(C)CN(C)C(=O)c1ccnc2ccccc12. The quantitative estimate of drug-likeness (QED) is 0.808. The Morgan fingerprint density at radius 1 is 1.29 bits per heavy atom. The molecule has 0 aliphatic heterocycles. The Bertz CT molecular complexity index is 664. The maximum absolute atomic E-state index is 12.6. The van der Waals surface area contributed by atoms with Crippen LogP contribution in [0.4, 0.5) is 0 Å². The molecule has 2 rings (SSSR count). The molecule has 1 aromatic heterocycles. The number of nitrogens with zero attached hydrogens (tertiary/aromatic N) is 2. The summed E-state index contributed by atoms with van der Waals surface area (Å²) >= 11 is 0. The highest BCUT2D eigenvalue weighted by Crippen LogP contribution is 2.18. The van der Waals surface area contributed by atoms with Gasteiger partial charge in [0.05, 0.1) is 24.1 Å². The van der Waals surface area contributed by atoms with Crippen molar-refractivity contribution in [2.24, 2.45) is 5.92 Å².